The van der Waals surface area contributed by atoms with Crippen molar-refractivity contribution in [2.24, 2.45) is 5.73 Å². The maximum atomic E-state index is 5.90. The first-order valence-corrected chi connectivity index (χ1v) is 5.52. The minimum absolute atomic E-state index is 0.00828. The van der Waals surface area contributed by atoms with Crippen molar-refractivity contribution in [3.8, 4) is 0 Å². The second-order valence-electron chi connectivity index (χ2n) is 3.79. The highest BCUT2D eigenvalue weighted by Crippen LogP contribution is 2.19. The van der Waals surface area contributed by atoms with Crippen molar-refractivity contribution in [2.45, 2.75) is 38.8 Å². The summed E-state index contributed by atoms with van der Waals surface area (Å²) in [7, 11) is 0. The van der Waals surface area contributed by atoms with Gasteiger partial charge in [-0.2, -0.15) is 0 Å². The maximum Gasteiger partial charge on any atom is 0.0987 e. The first kappa shape index (κ1) is 12.1. The van der Waals surface area contributed by atoms with Crippen molar-refractivity contribution in [1.29, 1.82) is 0 Å². The van der Waals surface area contributed by atoms with E-state index in [-0.39, 0.29) is 12.1 Å². The highest BCUT2D eigenvalue weighted by molar-refractivity contribution is 5.13. The molecule has 3 nitrogen and oxygen atoms in total. The summed E-state index contributed by atoms with van der Waals surface area (Å²) in [6.07, 6.45) is 5.75. The van der Waals surface area contributed by atoms with Crippen LogP contribution in [-0.2, 0) is 4.74 Å². The molecule has 0 spiro atoms. The van der Waals surface area contributed by atoms with Crippen LogP contribution in [0.1, 0.15) is 38.4 Å². The second kappa shape index (κ2) is 6.53. The van der Waals surface area contributed by atoms with E-state index in [4.69, 9.17) is 10.5 Å². The fraction of sp³-hybridized carbons (Fsp3) is 0.583. The first-order valence-electron chi connectivity index (χ1n) is 5.52. The smallest absolute Gasteiger partial charge is 0.0987 e. The molecule has 0 saturated carbocycles. The summed E-state index contributed by atoms with van der Waals surface area (Å²) in [5, 5.41) is 0. The Balaban J connectivity index is 2.58. The highest BCUT2D eigenvalue weighted by Gasteiger charge is 2.16. The van der Waals surface area contributed by atoms with E-state index in [0.717, 1.165) is 25.0 Å². The van der Waals surface area contributed by atoms with Crippen LogP contribution in [0.4, 0.5) is 0 Å². The lowest BCUT2D eigenvalue weighted by Crippen LogP contribution is -2.27. The van der Waals surface area contributed by atoms with Crippen LogP contribution in [-0.4, -0.2) is 17.6 Å². The molecule has 15 heavy (non-hydrogen) atoms. The number of pyridine rings is 1. The Kier molecular flexibility index (Phi) is 5.29. The van der Waals surface area contributed by atoms with Gasteiger partial charge in [0.2, 0.25) is 0 Å². The molecule has 1 aromatic heterocycles. The van der Waals surface area contributed by atoms with E-state index in [0.29, 0.717) is 0 Å². The van der Waals surface area contributed by atoms with Crippen LogP contribution in [0.3, 0.4) is 0 Å². The molecule has 0 amide bonds. The average molecular weight is 208 g/mol. The molecule has 84 valence electrons. The van der Waals surface area contributed by atoms with Gasteiger partial charge in [-0.3, -0.25) is 4.98 Å². The summed E-state index contributed by atoms with van der Waals surface area (Å²) in [5.41, 5.74) is 6.96. The molecule has 1 aromatic rings. The van der Waals surface area contributed by atoms with Crippen LogP contribution in [0, 0.1) is 0 Å². The number of nitrogens with two attached hydrogens (primary N) is 1. The highest BCUT2D eigenvalue weighted by atomic mass is 16.5. The summed E-state index contributed by atoms with van der Waals surface area (Å²) < 4.78 is 5.76. The topological polar surface area (TPSA) is 48.1 Å². The van der Waals surface area contributed by atoms with Crippen LogP contribution >= 0.6 is 0 Å². The van der Waals surface area contributed by atoms with E-state index in [2.05, 4.69) is 11.9 Å². The molecular formula is C12H20N2O. The van der Waals surface area contributed by atoms with Crippen molar-refractivity contribution in [1.82, 2.24) is 4.98 Å². The molecule has 3 heteroatoms. The minimum Gasteiger partial charge on any atom is -0.372 e. The molecule has 0 radical (unpaired) electrons. The van der Waals surface area contributed by atoms with Gasteiger partial charge in [0, 0.05) is 30.6 Å². The van der Waals surface area contributed by atoms with Gasteiger partial charge >= 0.3 is 0 Å². The Morgan fingerprint density at radius 2 is 2.33 bits per heavy atom. The van der Waals surface area contributed by atoms with Gasteiger partial charge in [-0.25, -0.2) is 0 Å². The van der Waals surface area contributed by atoms with Crippen molar-refractivity contribution >= 4 is 0 Å². The lowest BCUT2D eigenvalue weighted by atomic mass is 10.1. The summed E-state index contributed by atoms with van der Waals surface area (Å²) in [6.45, 7) is 4.87. The van der Waals surface area contributed by atoms with Crippen LogP contribution in [0.25, 0.3) is 0 Å². The van der Waals surface area contributed by atoms with E-state index in [1.54, 1.807) is 6.20 Å². The Bertz CT molecular complexity index is 262. The molecule has 2 atom stereocenters. The van der Waals surface area contributed by atoms with E-state index in [1.807, 2.05) is 25.3 Å². The van der Waals surface area contributed by atoms with Gasteiger partial charge in [-0.1, -0.05) is 19.4 Å². The molecule has 0 aromatic carbocycles. The number of nitrogens with zero attached hydrogens (tertiary/aromatic N) is 1. The van der Waals surface area contributed by atoms with Crippen molar-refractivity contribution in [3.05, 3.63) is 30.1 Å². The molecule has 0 aliphatic carbocycles. The monoisotopic (exact) mass is 208 g/mol. The van der Waals surface area contributed by atoms with Crippen LogP contribution in [0.15, 0.2) is 24.5 Å². The normalized spacial score (nSPS) is 14.9. The molecule has 0 bridgehead atoms. The Hall–Kier alpha value is -0.930. The molecule has 1 rings (SSSR count). The molecule has 0 aliphatic heterocycles. The number of rotatable bonds is 6. The molecule has 1 heterocycles. The van der Waals surface area contributed by atoms with Gasteiger partial charge in [0.1, 0.15) is 0 Å². The van der Waals surface area contributed by atoms with Crippen molar-refractivity contribution in [3.63, 3.8) is 0 Å². The van der Waals surface area contributed by atoms with Crippen molar-refractivity contribution < 1.29 is 4.74 Å². The summed E-state index contributed by atoms with van der Waals surface area (Å²) >= 11 is 0. The predicted molar refractivity (Wildman–Crippen MR) is 61.5 cm³/mol. The Morgan fingerprint density at radius 1 is 1.53 bits per heavy atom. The molecule has 2 unspecified atom stereocenters. The lowest BCUT2D eigenvalue weighted by Gasteiger charge is -2.21. The van der Waals surface area contributed by atoms with Gasteiger partial charge in [0.25, 0.3) is 0 Å². The molecule has 0 fully saturated rings. The quantitative estimate of drug-likeness (QED) is 0.730. The van der Waals surface area contributed by atoms with Crippen LogP contribution in [0.2, 0.25) is 0 Å². The Labute approximate surface area is 91.7 Å². The fourth-order valence-corrected chi connectivity index (χ4v) is 1.45. The standard InChI is InChI=1S/C12H20N2O/c1-3-4-8-15-12(10(2)13)11-6-5-7-14-9-11/h5-7,9-10,12H,3-4,8,13H2,1-2H3. The molecule has 0 saturated heterocycles. The number of hydrogen-bond donors (Lipinski definition) is 1. The number of ether oxygens (including phenoxy) is 1. The zero-order chi connectivity index (χ0) is 11.1. The Morgan fingerprint density at radius 3 is 2.87 bits per heavy atom. The third kappa shape index (κ3) is 3.98. The fourth-order valence-electron chi connectivity index (χ4n) is 1.45. The number of hydrogen-bond acceptors (Lipinski definition) is 3. The molecule has 2 N–H and O–H groups in total. The van der Waals surface area contributed by atoms with E-state index in [1.165, 1.54) is 0 Å². The van der Waals surface area contributed by atoms with Gasteiger partial charge in [0.15, 0.2) is 0 Å². The lowest BCUT2D eigenvalue weighted by molar-refractivity contribution is 0.0363. The van der Waals surface area contributed by atoms with Gasteiger partial charge < -0.3 is 10.5 Å². The minimum atomic E-state index is -0.0368. The molecule has 0 aliphatic rings. The van der Waals surface area contributed by atoms with Crippen LogP contribution < -0.4 is 5.73 Å². The first-order chi connectivity index (χ1) is 7.25. The summed E-state index contributed by atoms with van der Waals surface area (Å²) in [4.78, 5) is 4.08. The predicted octanol–water partition coefficient (Wildman–Crippen LogP) is 2.29. The summed E-state index contributed by atoms with van der Waals surface area (Å²) in [5.74, 6) is 0. The van der Waals surface area contributed by atoms with E-state index in [9.17, 15) is 0 Å². The third-order valence-electron chi connectivity index (χ3n) is 2.29. The zero-order valence-electron chi connectivity index (χ0n) is 9.52. The number of aromatic nitrogens is 1. The van der Waals surface area contributed by atoms with Gasteiger partial charge in [-0.15, -0.1) is 0 Å². The van der Waals surface area contributed by atoms with Gasteiger partial charge in [-0.05, 0) is 19.4 Å². The van der Waals surface area contributed by atoms with E-state index >= 15 is 0 Å². The second-order valence-corrected chi connectivity index (χ2v) is 3.79. The van der Waals surface area contributed by atoms with Crippen LogP contribution in [0.5, 0.6) is 0 Å². The zero-order valence-corrected chi connectivity index (χ0v) is 9.52. The molecular weight excluding hydrogens is 188 g/mol. The number of unbranched alkanes of at least 4 members (excludes halogenated alkanes) is 1. The SMILES string of the molecule is CCCCOC(c1cccnc1)C(C)N. The third-order valence-corrected chi connectivity index (χ3v) is 2.29. The van der Waals surface area contributed by atoms with Gasteiger partial charge in [0.05, 0.1) is 6.10 Å². The largest absolute Gasteiger partial charge is 0.372 e. The average Bonchev–Trinajstić information content (AvgIpc) is 2.25. The van der Waals surface area contributed by atoms with E-state index < -0.39 is 0 Å². The maximum absolute atomic E-state index is 5.90. The van der Waals surface area contributed by atoms with Crippen molar-refractivity contribution in [2.75, 3.05) is 6.61 Å². The summed E-state index contributed by atoms with van der Waals surface area (Å²) in [6, 6.07) is 3.91.